The third-order valence-corrected chi connectivity index (χ3v) is 7.10. The van der Waals surface area contributed by atoms with E-state index in [1.165, 1.54) is 11.4 Å². The van der Waals surface area contributed by atoms with Gasteiger partial charge in [0.25, 0.3) is 0 Å². The third-order valence-electron chi connectivity index (χ3n) is 4.76. The third kappa shape index (κ3) is 3.54. The molecular formula is C19H23ClN2O3S. The van der Waals surface area contributed by atoms with E-state index < -0.39 is 10.0 Å². The number of hydrogen-bond acceptors (Lipinski definition) is 4. The van der Waals surface area contributed by atoms with E-state index in [-0.39, 0.29) is 4.90 Å². The van der Waals surface area contributed by atoms with E-state index >= 15 is 0 Å². The Morgan fingerprint density at radius 1 is 1.04 bits per heavy atom. The van der Waals surface area contributed by atoms with Crippen LogP contribution in [0.3, 0.4) is 0 Å². The molecule has 0 aliphatic carbocycles. The van der Waals surface area contributed by atoms with Crippen molar-refractivity contribution in [2.45, 2.75) is 18.7 Å². The van der Waals surface area contributed by atoms with E-state index in [1.54, 1.807) is 18.2 Å². The number of halogens is 1. The minimum atomic E-state index is -3.59. The first-order valence-electron chi connectivity index (χ1n) is 8.49. The lowest BCUT2D eigenvalue weighted by Crippen LogP contribution is -2.48. The highest BCUT2D eigenvalue weighted by Crippen LogP contribution is 2.31. The normalized spacial score (nSPS) is 15.9. The molecule has 1 aliphatic heterocycles. The Morgan fingerprint density at radius 3 is 2.38 bits per heavy atom. The lowest BCUT2D eigenvalue weighted by molar-refractivity contribution is 0.374. The smallest absolute Gasteiger partial charge is 0.246 e. The van der Waals surface area contributed by atoms with Gasteiger partial charge in [-0.3, -0.25) is 0 Å². The van der Waals surface area contributed by atoms with Crippen molar-refractivity contribution in [2.75, 3.05) is 38.2 Å². The fourth-order valence-electron chi connectivity index (χ4n) is 3.24. The minimum absolute atomic E-state index is 0.220. The molecule has 2 aromatic rings. The Balaban J connectivity index is 1.80. The molecule has 0 unspecified atom stereocenters. The first kappa shape index (κ1) is 19.0. The number of benzene rings is 2. The maximum Gasteiger partial charge on any atom is 0.246 e. The van der Waals surface area contributed by atoms with Crippen LogP contribution in [0.25, 0.3) is 0 Å². The van der Waals surface area contributed by atoms with Crippen molar-refractivity contribution in [3.63, 3.8) is 0 Å². The van der Waals surface area contributed by atoms with Gasteiger partial charge < -0.3 is 9.64 Å². The van der Waals surface area contributed by atoms with Crippen molar-refractivity contribution in [2.24, 2.45) is 0 Å². The van der Waals surface area contributed by atoms with E-state index in [2.05, 4.69) is 4.90 Å². The molecule has 7 heteroatoms. The van der Waals surface area contributed by atoms with Gasteiger partial charge >= 0.3 is 0 Å². The van der Waals surface area contributed by atoms with Crippen LogP contribution < -0.4 is 9.64 Å². The maximum atomic E-state index is 13.0. The van der Waals surface area contributed by atoms with Gasteiger partial charge in [-0.25, -0.2) is 8.42 Å². The molecule has 5 nitrogen and oxygen atoms in total. The fraction of sp³-hybridized carbons (Fsp3) is 0.368. The summed E-state index contributed by atoms with van der Waals surface area (Å²) in [7, 11) is -2.10. The number of ether oxygens (including phenoxy) is 1. The molecule has 140 valence electrons. The summed E-state index contributed by atoms with van der Waals surface area (Å²) in [5.74, 6) is 0.387. The molecule has 0 spiro atoms. The van der Waals surface area contributed by atoms with E-state index in [0.717, 1.165) is 21.8 Å². The highest BCUT2D eigenvalue weighted by Gasteiger charge is 2.31. The first-order chi connectivity index (χ1) is 12.3. The lowest BCUT2D eigenvalue weighted by Gasteiger charge is -2.36. The van der Waals surface area contributed by atoms with Gasteiger partial charge in [-0.05, 0) is 49.2 Å². The van der Waals surface area contributed by atoms with Crippen LogP contribution in [0, 0.1) is 13.8 Å². The summed E-state index contributed by atoms with van der Waals surface area (Å²) in [4.78, 5) is 2.40. The molecule has 0 saturated carbocycles. The number of hydrogen-bond donors (Lipinski definition) is 0. The average Bonchev–Trinajstić information content (AvgIpc) is 2.63. The van der Waals surface area contributed by atoms with Crippen LogP contribution in [-0.2, 0) is 10.0 Å². The number of rotatable bonds is 4. The van der Waals surface area contributed by atoms with E-state index in [1.807, 2.05) is 32.0 Å². The first-order valence-corrected chi connectivity index (χ1v) is 10.3. The van der Waals surface area contributed by atoms with Crippen LogP contribution >= 0.6 is 11.6 Å². The molecule has 1 saturated heterocycles. The second kappa shape index (κ2) is 7.47. The predicted molar refractivity (Wildman–Crippen MR) is 105 cm³/mol. The average molecular weight is 395 g/mol. The molecule has 3 rings (SSSR count). The van der Waals surface area contributed by atoms with Gasteiger partial charge in [0, 0.05) is 36.9 Å². The molecule has 0 radical (unpaired) electrons. The Morgan fingerprint density at radius 2 is 1.73 bits per heavy atom. The summed E-state index contributed by atoms with van der Waals surface area (Å²) in [5, 5.41) is 0.724. The zero-order valence-corrected chi connectivity index (χ0v) is 16.8. The number of aryl methyl sites for hydroxylation is 1. The standard InChI is InChI=1S/C19H23ClN2O3S/c1-14-7-8-19(18(13-14)25-3)26(23,24)22-11-9-21(10-12-22)17-6-4-5-16(20)15(17)2/h4-8,13H,9-12H2,1-3H3. The molecule has 1 heterocycles. The van der Waals surface area contributed by atoms with Crippen molar-refractivity contribution >= 4 is 27.3 Å². The summed E-state index contributed by atoms with van der Waals surface area (Å²) in [6, 6.07) is 11.0. The van der Waals surface area contributed by atoms with E-state index in [4.69, 9.17) is 16.3 Å². The number of nitrogens with zero attached hydrogens (tertiary/aromatic N) is 2. The Bertz CT molecular complexity index is 907. The molecule has 0 bridgehead atoms. The van der Waals surface area contributed by atoms with Crippen LogP contribution in [0.15, 0.2) is 41.3 Å². The number of sulfonamides is 1. The summed E-state index contributed by atoms with van der Waals surface area (Å²) in [6.07, 6.45) is 0. The van der Waals surface area contributed by atoms with Crippen molar-refractivity contribution < 1.29 is 13.2 Å². The van der Waals surface area contributed by atoms with E-state index in [9.17, 15) is 8.42 Å². The minimum Gasteiger partial charge on any atom is -0.495 e. The van der Waals surface area contributed by atoms with E-state index in [0.29, 0.717) is 31.9 Å². The monoisotopic (exact) mass is 394 g/mol. The molecule has 0 N–H and O–H groups in total. The second-order valence-electron chi connectivity index (χ2n) is 6.43. The van der Waals surface area contributed by atoms with Crippen molar-refractivity contribution in [3.8, 4) is 5.75 Å². The summed E-state index contributed by atoms with van der Waals surface area (Å²) >= 11 is 6.21. The van der Waals surface area contributed by atoms with Gasteiger partial charge in [-0.1, -0.05) is 23.7 Å². The number of piperazine rings is 1. The van der Waals surface area contributed by atoms with Crippen LogP contribution in [0.4, 0.5) is 5.69 Å². The molecule has 0 atom stereocenters. The quantitative estimate of drug-likeness (QED) is 0.796. The molecular weight excluding hydrogens is 372 g/mol. The summed E-state index contributed by atoms with van der Waals surface area (Å²) in [5.41, 5.74) is 3.04. The lowest BCUT2D eigenvalue weighted by atomic mass is 10.1. The summed E-state index contributed by atoms with van der Waals surface area (Å²) < 4.78 is 32.9. The predicted octanol–water partition coefficient (Wildman–Crippen LogP) is 3.48. The van der Waals surface area contributed by atoms with Crippen LogP contribution in [0.5, 0.6) is 5.75 Å². The molecule has 2 aromatic carbocycles. The van der Waals surface area contributed by atoms with Crippen molar-refractivity contribution in [1.82, 2.24) is 4.31 Å². The number of anilines is 1. The van der Waals surface area contributed by atoms with Gasteiger partial charge in [-0.15, -0.1) is 0 Å². The Hall–Kier alpha value is -1.76. The van der Waals surface area contributed by atoms with Gasteiger partial charge in [-0.2, -0.15) is 4.31 Å². The Kier molecular flexibility index (Phi) is 5.46. The largest absolute Gasteiger partial charge is 0.495 e. The van der Waals surface area contributed by atoms with Gasteiger partial charge in [0.2, 0.25) is 10.0 Å². The fourth-order valence-corrected chi connectivity index (χ4v) is 4.96. The van der Waals surface area contributed by atoms with Crippen LogP contribution in [-0.4, -0.2) is 46.0 Å². The highest BCUT2D eigenvalue weighted by atomic mass is 35.5. The highest BCUT2D eigenvalue weighted by molar-refractivity contribution is 7.89. The van der Waals surface area contributed by atoms with Crippen molar-refractivity contribution in [3.05, 3.63) is 52.5 Å². The molecule has 0 aromatic heterocycles. The Labute approximate surface area is 160 Å². The molecule has 26 heavy (non-hydrogen) atoms. The number of methoxy groups -OCH3 is 1. The van der Waals surface area contributed by atoms with Crippen LogP contribution in [0.1, 0.15) is 11.1 Å². The zero-order chi connectivity index (χ0) is 18.9. The van der Waals surface area contributed by atoms with Gasteiger partial charge in [0.05, 0.1) is 7.11 Å². The zero-order valence-electron chi connectivity index (χ0n) is 15.2. The topological polar surface area (TPSA) is 49.9 Å². The second-order valence-corrected chi connectivity index (χ2v) is 8.74. The maximum absolute atomic E-state index is 13.0. The SMILES string of the molecule is COc1cc(C)ccc1S(=O)(=O)N1CCN(c2cccc(Cl)c2C)CC1. The molecule has 1 fully saturated rings. The van der Waals surface area contributed by atoms with Crippen LogP contribution in [0.2, 0.25) is 5.02 Å². The summed E-state index contributed by atoms with van der Waals surface area (Å²) in [6.45, 7) is 5.97. The van der Waals surface area contributed by atoms with Gasteiger partial charge in [0.1, 0.15) is 10.6 Å². The van der Waals surface area contributed by atoms with Gasteiger partial charge in [0.15, 0.2) is 0 Å². The molecule has 0 amide bonds. The van der Waals surface area contributed by atoms with Crippen molar-refractivity contribution in [1.29, 1.82) is 0 Å². The molecule has 1 aliphatic rings.